The zero-order chi connectivity index (χ0) is 10.2. The van der Waals surface area contributed by atoms with Crippen LogP contribution in [0, 0.1) is 6.92 Å². The molecule has 1 aliphatic rings. The van der Waals surface area contributed by atoms with Crippen molar-refractivity contribution in [1.29, 1.82) is 0 Å². The molecular weight excluding hydrogens is 190 g/mol. The van der Waals surface area contributed by atoms with Gasteiger partial charge in [-0.15, -0.1) is 11.3 Å². The summed E-state index contributed by atoms with van der Waals surface area (Å²) in [7, 11) is 0. The molecule has 0 saturated carbocycles. The molecule has 0 aliphatic carbocycles. The maximum atomic E-state index is 3.61. The van der Waals surface area contributed by atoms with Crippen molar-refractivity contribution in [2.45, 2.75) is 45.1 Å². The van der Waals surface area contributed by atoms with E-state index in [-0.39, 0.29) is 0 Å². The lowest BCUT2D eigenvalue weighted by atomic mass is 9.82. The summed E-state index contributed by atoms with van der Waals surface area (Å²) in [6, 6.07) is 5.19. The number of nitrogens with one attached hydrogen (secondary N) is 1. The topological polar surface area (TPSA) is 12.0 Å². The second-order valence-corrected chi connectivity index (χ2v) is 6.07. The first kappa shape index (κ1) is 10.2. The molecule has 2 heterocycles. The van der Waals surface area contributed by atoms with E-state index in [1.807, 2.05) is 11.3 Å². The Morgan fingerprint density at radius 3 is 2.71 bits per heavy atom. The van der Waals surface area contributed by atoms with Gasteiger partial charge in [-0.1, -0.05) is 13.8 Å². The van der Waals surface area contributed by atoms with Crippen LogP contribution < -0.4 is 5.32 Å². The van der Waals surface area contributed by atoms with Crippen LogP contribution in [0.2, 0.25) is 0 Å². The first-order valence-electron chi connectivity index (χ1n) is 5.41. The van der Waals surface area contributed by atoms with Crippen molar-refractivity contribution in [3.8, 4) is 0 Å². The average Bonchev–Trinajstić information content (AvgIpc) is 2.72. The highest BCUT2D eigenvalue weighted by Gasteiger charge is 2.33. The standard InChI is InChI=1S/C12H19NS/c1-9-6-7-11(14-9)12(2,3)10-5-4-8-13-10/h6-7,10,13H,4-5,8H2,1-3H3. The molecule has 1 aromatic rings. The van der Waals surface area contributed by atoms with Crippen LogP contribution in [-0.2, 0) is 5.41 Å². The Bertz CT molecular complexity index is 308. The predicted octanol–water partition coefficient (Wildman–Crippen LogP) is 3.09. The van der Waals surface area contributed by atoms with Crippen LogP contribution in [0.5, 0.6) is 0 Å². The quantitative estimate of drug-likeness (QED) is 0.789. The molecule has 1 N–H and O–H groups in total. The first-order valence-corrected chi connectivity index (χ1v) is 6.22. The van der Waals surface area contributed by atoms with E-state index in [4.69, 9.17) is 0 Å². The molecule has 78 valence electrons. The number of aryl methyl sites for hydroxylation is 1. The molecule has 1 aromatic heterocycles. The molecule has 14 heavy (non-hydrogen) atoms. The van der Waals surface area contributed by atoms with E-state index < -0.39 is 0 Å². The van der Waals surface area contributed by atoms with Gasteiger partial charge >= 0.3 is 0 Å². The maximum Gasteiger partial charge on any atom is 0.0167 e. The molecule has 2 heteroatoms. The van der Waals surface area contributed by atoms with E-state index in [2.05, 4.69) is 38.2 Å². The van der Waals surface area contributed by atoms with Crippen LogP contribution in [0.15, 0.2) is 12.1 Å². The minimum Gasteiger partial charge on any atom is -0.313 e. The van der Waals surface area contributed by atoms with Gasteiger partial charge in [0.15, 0.2) is 0 Å². The Balaban J connectivity index is 2.22. The molecule has 1 fully saturated rings. The van der Waals surface area contributed by atoms with Crippen molar-refractivity contribution < 1.29 is 0 Å². The molecule has 0 aromatic carbocycles. The molecule has 0 radical (unpaired) electrons. The largest absolute Gasteiger partial charge is 0.313 e. The van der Waals surface area contributed by atoms with E-state index in [1.165, 1.54) is 29.1 Å². The van der Waals surface area contributed by atoms with Crippen LogP contribution >= 0.6 is 11.3 Å². The molecule has 1 nitrogen and oxygen atoms in total. The highest BCUT2D eigenvalue weighted by atomic mass is 32.1. The second-order valence-electron chi connectivity index (χ2n) is 4.78. The van der Waals surface area contributed by atoms with Gasteiger partial charge in [0.25, 0.3) is 0 Å². The Kier molecular flexibility index (Phi) is 2.67. The van der Waals surface area contributed by atoms with Crippen molar-refractivity contribution in [2.24, 2.45) is 0 Å². The Morgan fingerprint density at radius 2 is 2.21 bits per heavy atom. The van der Waals surface area contributed by atoms with Crippen LogP contribution in [-0.4, -0.2) is 12.6 Å². The van der Waals surface area contributed by atoms with Gasteiger partial charge in [-0.05, 0) is 38.4 Å². The zero-order valence-electron chi connectivity index (χ0n) is 9.26. The normalized spacial score (nSPS) is 22.9. The fourth-order valence-corrected chi connectivity index (χ4v) is 3.28. The van der Waals surface area contributed by atoms with Gasteiger partial charge in [-0.2, -0.15) is 0 Å². The number of thiophene rings is 1. The van der Waals surface area contributed by atoms with Gasteiger partial charge in [0.1, 0.15) is 0 Å². The summed E-state index contributed by atoms with van der Waals surface area (Å²) in [4.78, 5) is 2.94. The van der Waals surface area contributed by atoms with Crippen molar-refractivity contribution in [3.05, 3.63) is 21.9 Å². The molecule has 1 atom stereocenters. The molecule has 1 saturated heterocycles. The molecule has 0 bridgehead atoms. The minimum atomic E-state index is 0.301. The van der Waals surface area contributed by atoms with Gasteiger partial charge in [-0.3, -0.25) is 0 Å². The predicted molar refractivity (Wildman–Crippen MR) is 63.1 cm³/mol. The molecule has 1 aliphatic heterocycles. The van der Waals surface area contributed by atoms with E-state index in [9.17, 15) is 0 Å². The molecular formula is C12H19NS. The highest BCUT2D eigenvalue weighted by Crippen LogP contribution is 2.35. The molecule has 2 rings (SSSR count). The lowest BCUT2D eigenvalue weighted by molar-refractivity contribution is 0.383. The van der Waals surface area contributed by atoms with Gasteiger partial charge in [0, 0.05) is 21.2 Å². The highest BCUT2D eigenvalue weighted by molar-refractivity contribution is 7.12. The summed E-state index contributed by atoms with van der Waals surface area (Å²) in [6.07, 6.45) is 2.66. The second kappa shape index (κ2) is 3.67. The van der Waals surface area contributed by atoms with Crippen LogP contribution in [0.3, 0.4) is 0 Å². The summed E-state index contributed by atoms with van der Waals surface area (Å²) in [5.74, 6) is 0. The third kappa shape index (κ3) is 1.73. The van der Waals surface area contributed by atoms with Gasteiger partial charge in [0.05, 0.1) is 0 Å². The van der Waals surface area contributed by atoms with Gasteiger partial charge in [0.2, 0.25) is 0 Å². The first-order chi connectivity index (χ1) is 6.60. The van der Waals surface area contributed by atoms with Crippen LogP contribution in [0.25, 0.3) is 0 Å². The van der Waals surface area contributed by atoms with Crippen molar-refractivity contribution >= 4 is 11.3 Å². The summed E-state index contributed by atoms with van der Waals surface area (Å²) < 4.78 is 0. The average molecular weight is 209 g/mol. The molecule has 0 spiro atoms. The smallest absolute Gasteiger partial charge is 0.0167 e. The SMILES string of the molecule is Cc1ccc(C(C)(C)C2CCCN2)s1. The monoisotopic (exact) mass is 209 g/mol. The van der Waals surface area contributed by atoms with Crippen molar-refractivity contribution in [3.63, 3.8) is 0 Å². The Labute approximate surface area is 90.5 Å². The fraction of sp³-hybridized carbons (Fsp3) is 0.667. The van der Waals surface area contributed by atoms with E-state index in [0.717, 1.165) is 0 Å². The third-order valence-corrected chi connectivity index (χ3v) is 4.65. The molecule has 1 unspecified atom stereocenters. The van der Waals surface area contributed by atoms with Crippen LogP contribution in [0.1, 0.15) is 36.4 Å². The van der Waals surface area contributed by atoms with E-state index in [0.29, 0.717) is 11.5 Å². The lowest BCUT2D eigenvalue weighted by Crippen LogP contribution is -2.40. The van der Waals surface area contributed by atoms with Crippen molar-refractivity contribution in [1.82, 2.24) is 5.32 Å². The van der Waals surface area contributed by atoms with E-state index >= 15 is 0 Å². The van der Waals surface area contributed by atoms with Crippen molar-refractivity contribution in [2.75, 3.05) is 6.54 Å². The maximum absolute atomic E-state index is 3.61. The molecule has 0 amide bonds. The van der Waals surface area contributed by atoms with Gasteiger partial charge in [-0.25, -0.2) is 0 Å². The van der Waals surface area contributed by atoms with Gasteiger partial charge < -0.3 is 5.32 Å². The Hall–Kier alpha value is -0.340. The minimum absolute atomic E-state index is 0.301. The summed E-state index contributed by atoms with van der Waals surface area (Å²) in [5.41, 5.74) is 0.301. The lowest BCUT2D eigenvalue weighted by Gasteiger charge is -2.30. The number of hydrogen-bond donors (Lipinski definition) is 1. The summed E-state index contributed by atoms with van der Waals surface area (Å²) >= 11 is 1.94. The zero-order valence-corrected chi connectivity index (χ0v) is 10.1. The number of hydrogen-bond acceptors (Lipinski definition) is 2. The third-order valence-electron chi connectivity index (χ3n) is 3.31. The number of rotatable bonds is 2. The van der Waals surface area contributed by atoms with E-state index in [1.54, 1.807) is 0 Å². The summed E-state index contributed by atoms with van der Waals surface area (Å²) in [5, 5.41) is 3.61. The van der Waals surface area contributed by atoms with Crippen LogP contribution in [0.4, 0.5) is 0 Å². The summed E-state index contributed by atoms with van der Waals surface area (Å²) in [6.45, 7) is 8.10. The fourth-order valence-electron chi connectivity index (χ4n) is 2.25. The Morgan fingerprint density at radius 1 is 1.43 bits per heavy atom.